The minimum Gasteiger partial charge on any atom is -0.477 e. The molecule has 0 unspecified atom stereocenters. The van der Waals surface area contributed by atoms with E-state index in [2.05, 4.69) is 9.97 Å². The number of alkyl halides is 2. The van der Waals surface area contributed by atoms with Gasteiger partial charge in [0.15, 0.2) is 0 Å². The van der Waals surface area contributed by atoms with E-state index in [1.807, 2.05) is 0 Å². The lowest BCUT2D eigenvalue weighted by molar-refractivity contribution is 0.0611. The summed E-state index contributed by atoms with van der Waals surface area (Å²) in [6.45, 7) is -0.585. The molecule has 22 heavy (non-hydrogen) atoms. The van der Waals surface area contributed by atoms with Crippen LogP contribution in [-0.4, -0.2) is 39.0 Å². The van der Waals surface area contributed by atoms with Gasteiger partial charge in [0.2, 0.25) is 5.88 Å². The summed E-state index contributed by atoms with van der Waals surface area (Å²) < 4.78 is 31.6. The summed E-state index contributed by atoms with van der Waals surface area (Å²) in [7, 11) is 1.51. The van der Waals surface area contributed by atoms with Crippen LogP contribution in [0.5, 0.6) is 5.88 Å². The summed E-state index contributed by atoms with van der Waals surface area (Å²) in [4.78, 5) is 21.6. The van der Waals surface area contributed by atoms with Gasteiger partial charge in [0.25, 0.3) is 5.91 Å². The van der Waals surface area contributed by atoms with Crippen LogP contribution in [0.3, 0.4) is 0 Å². The fraction of sp³-hybridized carbons (Fsp3) is 0.357. The number of halogens is 2. The molecule has 0 atom stereocenters. The molecule has 0 bridgehead atoms. The summed E-state index contributed by atoms with van der Waals surface area (Å²) in [5.74, 6) is -0.0490. The zero-order valence-electron chi connectivity index (χ0n) is 12.2. The summed E-state index contributed by atoms with van der Waals surface area (Å²) in [6.07, 6.45) is 3.97. The number of carbonyl (C=O) groups excluding carboxylic acids is 1. The molecule has 118 valence electrons. The van der Waals surface area contributed by atoms with Gasteiger partial charge in [-0.1, -0.05) is 0 Å². The highest BCUT2D eigenvalue weighted by Crippen LogP contribution is 2.18. The SMILES string of the molecule is CCOc1ncccc1C(=O)N(C)Cc1nccn1C(F)F. The van der Waals surface area contributed by atoms with Crippen LogP contribution in [0, 0.1) is 0 Å². The Kier molecular flexibility index (Phi) is 5.03. The summed E-state index contributed by atoms with van der Waals surface area (Å²) in [5, 5.41) is 0. The molecule has 0 aliphatic carbocycles. The van der Waals surface area contributed by atoms with Gasteiger partial charge in [-0.2, -0.15) is 8.78 Å². The number of imidazole rings is 1. The van der Waals surface area contributed by atoms with E-state index >= 15 is 0 Å². The van der Waals surface area contributed by atoms with Crippen LogP contribution in [0.2, 0.25) is 0 Å². The molecule has 6 nitrogen and oxygen atoms in total. The third-order valence-corrected chi connectivity index (χ3v) is 2.97. The van der Waals surface area contributed by atoms with Crippen molar-refractivity contribution in [1.82, 2.24) is 19.4 Å². The average Bonchev–Trinajstić information content (AvgIpc) is 2.95. The Morgan fingerprint density at radius 1 is 1.41 bits per heavy atom. The molecule has 2 rings (SSSR count). The van der Waals surface area contributed by atoms with Gasteiger partial charge < -0.3 is 9.64 Å². The molecule has 1 amide bonds. The molecule has 2 heterocycles. The highest BCUT2D eigenvalue weighted by Gasteiger charge is 2.20. The minimum absolute atomic E-state index is 0.0450. The first-order chi connectivity index (χ1) is 10.5. The summed E-state index contributed by atoms with van der Waals surface area (Å²) in [6, 6.07) is 3.19. The Balaban J connectivity index is 2.17. The third-order valence-electron chi connectivity index (χ3n) is 2.97. The first-order valence-electron chi connectivity index (χ1n) is 6.67. The van der Waals surface area contributed by atoms with Crippen molar-refractivity contribution in [1.29, 1.82) is 0 Å². The minimum atomic E-state index is -2.70. The molecule has 2 aromatic rings. The third kappa shape index (κ3) is 3.38. The monoisotopic (exact) mass is 310 g/mol. The molecule has 0 spiro atoms. The lowest BCUT2D eigenvalue weighted by atomic mass is 10.2. The van der Waals surface area contributed by atoms with Crippen LogP contribution in [0.15, 0.2) is 30.7 Å². The number of aromatic nitrogens is 3. The van der Waals surface area contributed by atoms with Gasteiger partial charge in [-0.3, -0.25) is 9.36 Å². The predicted octanol–water partition coefficient (Wildman–Crippen LogP) is 2.34. The molecule has 8 heteroatoms. The molecular formula is C14H16F2N4O2. The number of ether oxygens (including phenoxy) is 1. The van der Waals surface area contributed by atoms with E-state index in [-0.39, 0.29) is 29.7 Å². The number of hydrogen-bond donors (Lipinski definition) is 0. The van der Waals surface area contributed by atoms with E-state index in [9.17, 15) is 13.6 Å². The van der Waals surface area contributed by atoms with Gasteiger partial charge in [0.1, 0.15) is 11.4 Å². The maximum atomic E-state index is 12.8. The molecule has 2 aromatic heterocycles. The second kappa shape index (κ2) is 6.97. The normalized spacial score (nSPS) is 10.8. The van der Waals surface area contributed by atoms with Crippen molar-refractivity contribution < 1.29 is 18.3 Å². The predicted molar refractivity (Wildman–Crippen MR) is 74.7 cm³/mol. The second-order valence-corrected chi connectivity index (χ2v) is 4.48. The zero-order chi connectivity index (χ0) is 16.1. The Morgan fingerprint density at radius 2 is 2.18 bits per heavy atom. The molecule has 0 saturated carbocycles. The summed E-state index contributed by atoms with van der Waals surface area (Å²) in [5.41, 5.74) is 0.280. The van der Waals surface area contributed by atoms with Crippen molar-refractivity contribution in [3.8, 4) is 5.88 Å². The zero-order valence-corrected chi connectivity index (χ0v) is 12.2. The fourth-order valence-electron chi connectivity index (χ4n) is 1.94. The number of nitrogens with zero attached hydrogens (tertiary/aromatic N) is 4. The molecule has 0 fully saturated rings. The van der Waals surface area contributed by atoms with Gasteiger partial charge in [-0.25, -0.2) is 9.97 Å². The molecule has 0 N–H and O–H groups in total. The maximum absolute atomic E-state index is 12.8. The number of hydrogen-bond acceptors (Lipinski definition) is 4. The Morgan fingerprint density at radius 3 is 2.86 bits per heavy atom. The molecule has 0 radical (unpaired) electrons. The first-order valence-corrected chi connectivity index (χ1v) is 6.67. The summed E-state index contributed by atoms with van der Waals surface area (Å²) >= 11 is 0. The Labute approximate surface area is 126 Å². The number of rotatable bonds is 6. The topological polar surface area (TPSA) is 60.2 Å². The molecule has 0 saturated heterocycles. The van der Waals surface area contributed by atoms with Crippen LogP contribution >= 0.6 is 0 Å². The van der Waals surface area contributed by atoms with Crippen molar-refractivity contribution in [3.63, 3.8) is 0 Å². The van der Waals surface area contributed by atoms with E-state index in [4.69, 9.17) is 4.74 Å². The Bertz CT molecular complexity index is 645. The number of carbonyl (C=O) groups is 1. The van der Waals surface area contributed by atoms with Gasteiger partial charge >= 0.3 is 6.55 Å². The molecule has 0 aromatic carbocycles. The van der Waals surface area contributed by atoms with Crippen molar-refractivity contribution in [2.75, 3.05) is 13.7 Å². The second-order valence-electron chi connectivity index (χ2n) is 4.48. The van der Waals surface area contributed by atoms with E-state index in [1.54, 1.807) is 19.1 Å². The van der Waals surface area contributed by atoms with Gasteiger partial charge in [-0.15, -0.1) is 0 Å². The Hall–Kier alpha value is -2.51. The quantitative estimate of drug-likeness (QED) is 0.821. The van der Waals surface area contributed by atoms with Crippen molar-refractivity contribution >= 4 is 5.91 Å². The first kappa shape index (κ1) is 15.9. The van der Waals surface area contributed by atoms with Crippen LogP contribution in [0.25, 0.3) is 0 Å². The van der Waals surface area contributed by atoms with Crippen molar-refractivity contribution in [2.45, 2.75) is 20.0 Å². The van der Waals surface area contributed by atoms with Crippen LogP contribution in [0.1, 0.15) is 29.7 Å². The van der Waals surface area contributed by atoms with Crippen LogP contribution < -0.4 is 4.74 Å². The number of amides is 1. The average molecular weight is 310 g/mol. The van der Waals surface area contributed by atoms with E-state index in [0.717, 1.165) is 4.57 Å². The fourth-order valence-corrected chi connectivity index (χ4v) is 1.94. The van der Waals surface area contributed by atoms with Crippen molar-refractivity contribution in [3.05, 3.63) is 42.1 Å². The number of pyridine rings is 1. The van der Waals surface area contributed by atoms with Crippen molar-refractivity contribution in [2.24, 2.45) is 0 Å². The van der Waals surface area contributed by atoms with Crippen LogP contribution in [0.4, 0.5) is 8.78 Å². The van der Waals surface area contributed by atoms with Gasteiger partial charge in [0.05, 0.1) is 13.2 Å². The highest BCUT2D eigenvalue weighted by atomic mass is 19.3. The largest absolute Gasteiger partial charge is 0.477 e. The van der Waals surface area contributed by atoms with E-state index in [0.29, 0.717) is 6.61 Å². The standard InChI is InChI=1S/C14H16F2N4O2/c1-3-22-12-10(5-4-6-18-12)13(21)19(2)9-11-17-7-8-20(11)14(15)16/h4-8,14H,3,9H2,1-2H3. The lowest BCUT2D eigenvalue weighted by Gasteiger charge is -2.18. The van der Waals surface area contributed by atoms with Gasteiger partial charge in [-0.05, 0) is 19.1 Å². The van der Waals surface area contributed by atoms with E-state index < -0.39 is 6.55 Å². The molecule has 0 aliphatic heterocycles. The maximum Gasteiger partial charge on any atom is 0.319 e. The molecule has 0 aliphatic rings. The lowest BCUT2D eigenvalue weighted by Crippen LogP contribution is -2.28. The molecular weight excluding hydrogens is 294 g/mol. The van der Waals surface area contributed by atoms with E-state index in [1.165, 1.54) is 30.5 Å². The highest BCUT2D eigenvalue weighted by molar-refractivity contribution is 5.96. The van der Waals surface area contributed by atoms with Crippen LogP contribution in [-0.2, 0) is 6.54 Å². The smallest absolute Gasteiger partial charge is 0.319 e. The van der Waals surface area contributed by atoms with Gasteiger partial charge in [0, 0.05) is 25.6 Å².